The Morgan fingerprint density at radius 1 is 1.22 bits per heavy atom. The summed E-state index contributed by atoms with van der Waals surface area (Å²) in [6.07, 6.45) is 10.9. The number of nitrogens with zero attached hydrogens (tertiary/aromatic N) is 1. The molecule has 0 spiro atoms. The van der Waals surface area contributed by atoms with Crippen LogP contribution in [0.5, 0.6) is 0 Å². The molecule has 4 saturated carbocycles. The second kappa shape index (κ2) is 7.02. The fourth-order valence-corrected chi connectivity index (χ4v) is 7.51. The fraction of sp³-hybridized carbons (Fsp3) is 0.826. The van der Waals surface area contributed by atoms with Crippen LogP contribution in [0.25, 0.3) is 0 Å². The zero-order valence-corrected chi connectivity index (χ0v) is 17.1. The molecule has 0 aromatic rings. The third kappa shape index (κ3) is 2.90. The van der Waals surface area contributed by atoms with Gasteiger partial charge >= 0.3 is 0 Å². The molecule has 0 aromatic carbocycles. The molecule has 0 amide bonds. The van der Waals surface area contributed by atoms with Crippen molar-refractivity contribution in [3.05, 3.63) is 12.7 Å². The molecule has 0 bridgehead atoms. The predicted molar refractivity (Wildman–Crippen MR) is 108 cm³/mol. The quantitative estimate of drug-likeness (QED) is 0.453. The highest BCUT2D eigenvalue weighted by atomic mass is 16.6. The summed E-state index contributed by atoms with van der Waals surface area (Å²) in [7, 11) is 0. The van der Waals surface area contributed by atoms with Gasteiger partial charge in [0.05, 0.1) is 5.71 Å². The minimum Gasteiger partial charge on any atom is -0.395 e. The van der Waals surface area contributed by atoms with Crippen molar-refractivity contribution in [2.75, 3.05) is 13.2 Å². The van der Waals surface area contributed by atoms with Crippen molar-refractivity contribution in [3.63, 3.8) is 0 Å². The van der Waals surface area contributed by atoms with E-state index in [1.165, 1.54) is 25.0 Å². The minimum atomic E-state index is -0.0482. The van der Waals surface area contributed by atoms with E-state index in [9.17, 15) is 4.79 Å². The zero-order chi connectivity index (χ0) is 19.2. The van der Waals surface area contributed by atoms with Gasteiger partial charge in [0.1, 0.15) is 12.4 Å². The summed E-state index contributed by atoms with van der Waals surface area (Å²) in [5.41, 5.74) is 7.01. The maximum Gasteiger partial charge on any atom is 0.139 e. The third-order valence-corrected chi connectivity index (χ3v) is 9.01. The molecule has 150 valence electrons. The first-order valence-corrected chi connectivity index (χ1v) is 11.0. The highest BCUT2D eigenvalue weighted by molar-refractivity contribution is 5.87. The van der Waals surface area contributed by atoms with E-state index in [0.29, 0.717) is 48.0 Å². The van der Waals surface area contributed by atoms with Crippen molar-refractivity contribution in [3.8, 4) is 0 Å². The summed E-state index contributed by atoms with van der Waals surface area (Å²) >= 11 is 0. The van der Waals surface area contributed by atoms with Crippen LogP contribution in [0.2, 0.25) is 0 Å². The largest absolute Gasteiger partial charge is 0.395 e. The number of nitrogens with two attached hydrogens (primary N) is 1. The highest BCUT2D eigenvalue weighted by Crippen LogP contribution is 2.66. The molecule has 2 N–H and O–H groups in total. The van der Waals surface area contributed by atoms with Gasteiger partial charge in [-0.2, -0.15) is 0 Å². The number of fused-ring (bicyclic) bond motifs is 5. The van der Waals surface area contributed by atoms with E-state index < -0.39 is 0 Å². The van der Waals surface area contributed by atoms with Crippen LogP contribution in [-0.2, 0) is 9.63 Å². The SMILES string of the molecule is C=C[C@H]1C[C@@H]2[C@H](CC[C@]3(C)C(=O)CC[C@@H]23)[C@@]2(C)CC/C(=N\OCCN)C[C@H]12. The van der Waals surface area contributed by atoms with Gasteiger partial charge in [-0.25, -0.2) is 0 Å². The van der Waals surface area contributed by atoms with Crippen LogP contribution in [-0.4, -0.2) is 24.6 Å². The molecule has 4 fully saturated rings. The molecule has 0 aliphatic heterocycles. The molecule has 0 radical (unpaired) electrons. The average molecular weight is 373 g/mol. The highest BCUT2D eigenvalue weighted by Gasteiger charge is 2.61. The van der Waals surface area contributed by atoms with E-state index >= 15 is 0 Å². The Kier molecular flexibility index (Phi) is 4.99. The van der Waals surface area contributed by atoms with Crippen LogP contribution in [0.4, 0.5) is 0 Å². The number of oxime groups is 1. The van der Waals surface area contributed by atoms with E-state index in [1.807, 2.05) is 0 Å². The summed E-state index contributed by atoms with van der Waals surface area (Å²) in [4.78, 5) is 18.0. The number of ketones is 1. The lowest BCUT2D eigenvalue weighted by atomic mass is 9.43. The van der Waals surface area contributed by atoms with Gasteiger partial charge in [0.25, 0.3) is 0 Å². The predicted octanol–water partition coefficient (Wildman–Crippen LogP) is 4.34. The van der Waals surface area contributed by atoms with Crippen molar-refractivity contribution < 1.29 is 9.63 Å². The zero-order valence-electron chi connectivity index (χ0n) is 17.1. The third-order valence-electron chi connectivity index (χ3n) is 9.01. The van der Waals surface area contributed by atoms with Gasteiger partial charge in [-0.15, -0.1) is 6.58 Å². The molecule has 0 heterocycles. The van der Waals surface area contributed by atoms with E-state index in [1.54, 1.807) is 0 Å². The van der Waals surface area contributed by atoms with E-state index in [-0.39, 0.29) is 5.41 Å². The van der Waals surface area contributed by atoms with Gasteiger partial charge in [0.2, 0.25) is 0 Å². The maximum atomic E-state index is 12.6. The van der Waals surface area contributed by atoms with Gasteiger partial charge in [-0.1, -0.05) is 25.1 Å². The monoisotopic (exact) mass is 372 g/mol. The summed E-state index contributed by atoms with van der Waals surface area (Å²) in [5.74, 6) is 3.68. The molecule has 4 rings (SSSR count). The van der Waals surface area contributed by atoms with E-state index in [2.05, 4.69) is 31.7 Å². The van der Waals surface area contributed by atoms with Gasteiger partial charge in [0.15, 0.2) is 0 Å². The summed E-state index contributed by atoms with van der Waals surface area (Å²) in [5, 5.41) is 4.40. The van der Waals surface area contributed by atoms with Crippen molar-refractivity contribution in [2.45, 2.75) is 65.2 Å². The van der Waals surface area contributed by atoms with Crippen LogP contribution in [0.3, 0.4) is 0 Å². The Labute approximate surface area is 164 Å². The van der Waals surface area contributed by atoms with Crippen LogP contribution in [0, 0.1) is 40.4 Å². The normalized spacial score (nSPS) is 47.9. The van der Waals surface area contributed by atoms with Crippen molar-refractivity contribution >= 4 is 11.5 Å². The van der Waals surface area contributed by atoms with Crippen LogP contribution < -0.4 is 5.73 Å². The molecule has 0 aromatic heterocycles. The average Bonchev–Trinajstić information content (AvgIpc) is 2.96. The van der Waals surface area contributed by atoms with Gasteiger partial charge in [-0.3, -0.25) is 4.79 Å². The summed E-state index contributed by atoms with van der Waals surface area (Å²) in [6, 6.07) is 0. The van der Waals surface area contributed by atoms with E-state index in [0.717, 1.165) is 38.0 Å². The van der Waals surface area contributed by atoms with E-state index in [4.69, 9.17) is 10.6 Å². The minimum absolute atomic E-state index is 0.0482. The van der Waals surface area contributed by atoms with Gasteiger partial charge in [-0.05, 0) is 80.0 Å². The number of hydrogen-bond acceptors (Lipinski definition) is 4. The number of carbonyl (C=O) groups is 1. The first-order chi connectivity index (χ1) is 12.9. The fourth-order valence-electron chi connectivity index (χ4n) is 7.51. The number of allylic oxidation sites excluding steroid dienone is 1. The maximum absolute atomic E-state index is 12.6. The number of Topliss-reactive ketones (excluding diaryl/α,β-unsaturated/α-hetero) is 1. The number of carbonyl (C=O) groups excluding carboxylic acids is 1. The molecule has 4 aliphatic rings. The topological polar surface area (TPSA) is 64.7 Å². The van der Waals surface area contributed by atoms with Crippen molar-refractivity contribution in [1.82, 2.24) is 0 Å². The molecule has 0 saturated heterocycles. The van der Waals surface area contributed by atoms with Crippen molar-refractivity contribution in [1.29, 1.82) is 0 Å². The lowest BCUT2D eigenvalue weighted by Gasteiger charge is -2.61. The molecule has 4 nitrogen and oxygen atoms in total. The first-order valence-electron chi connectivity index (χ1n) is 11.0. The molecule has 0 unspecified atom stereocenters. The van der Waals surface area contributed by atoms with Crippen LogP contribution in [0.15, 0.2) is 17.8 Å². The second-order valence-corrected chi connectivity index (χ2v) is 10.0. The number of rotatable bonds is 4. The van der Waals surface area contributed by atoms with Gasteiger partial charge < -0.3 is 10.6 Å². The second-order valence-electron chi connectivity index (χ2n) is 10.0. The standard InChI is InChI=1S/C23H36N2O2/c1-4-15-13-17-18-5-6-21(26)23(18,3)10-8-19(17)22(2)9-7-16(14-20(15)22)25-27-12-11-24/h4,15,17-20H,1,5-14,24H2,2-3H3/b25-16+/t15-,17-,18-,19-,20+,22+,23-/m0/s1. The number of hydrogen-bond donors (Lipinski definition) is 1. The van der Waals surface area contributed by atoms with Crippen LogP contribution >= 0.6 is 0 Å². The molecular formula is C23H36N2O2. The molecular weight excluding hydrogens is 336 g/mol. The Morgan fingerprint density at radius 2 is 2.04 bits per heavy atom. The molecule has 27 heavy (non-hydrogen) atoms. The lowest BCUT2D eigenvalue weighted by molar-refractivity contribution is -0.140. The Morgan fingerprint density at radius 3 is 2.78 bits per heavy atom. The van der Waals surface area contributed by atoms with Crippen LogP contribution in [0.1, 0.15) is 65.2 Å². The van der Waals surface area contributed by atoms with Crippen molar-refractivity contribution in [2.24, 2.45) is 51.3 Å². The summed E-state index contributed by atoms with van der Waals surface area (Å²) < 4.78 is 0. The van der Waals surface area contributed by atoms with Gasteiger partial charge in [0, 0.05) is 18.4 Å². The molecule has 4 aliphatic carbocycles. The lowest BCUT2D eigenvalue weighted by Crippen LogP contribution is -2.56. The smallest absolute Gasteiger partial charge is 0.139 e. The molecule has 4 heteroatoms. The Hall–Kier alpha value is -1.16. The summed E-state index contributed by atoms with van der Waals surface area (Å²) in [6.45, 7) is 10.0. The first kappa shape index (κ1) is 19.2. The molecule has 7 atom stereocenters. The Bertz CT molecular complexity index is 644. The Balaban J connectivity index is 1.60.